The number of fused-ring (bicyclic) bond motifs is 2. The molecule has 2 aliphatic carbocycles. The second-order valence-corrected chi connectivity index (χ2v) is 18.2. The lowest BCUT2D eigenvalue weighted by Gasteiger charge is -2.39. The van der Waals surface area contributed by atoms with Crippen molar-refractivity contribution in [2.75, 3.05) is 66.6 Å². The molecule has 0 unspecified atom stereocenters. The second-order valence-electron chi connectivity index (χ2n) is 18.2. The van der Waals surface area contributed by atoms with Gasteiger partial charge in [-0.25, -0.2) is 34.1 Å². The Bertz CT molecular complexity index is 3310. The van der Waals surface area contributed by atoms with Crippen molar-refractivity contribution >= 4 is 45.2 Å². The fraction of sp³-hybridized carbons (Fsp3) is 0.360. The van der Waals surface area contributed by atoms with Crippen LogP contribution in [0.2, 0.25) is 0 Å². The van der Waals surface area contributed by atoms with E-state index in [2.05, 4.69) is 83.4 Å². The number of carbonyl (C=O) groups excluding carboxylic acids is 3. The fourth-order valence-corrected chi connectivity index (χ4v) is 9.91. The van der Waals surface area contributed by atoms with E-state index < -0.39 is 23.4 Å². The molecule has 4 aliphatic rings. The number of pyridine rings is 4. The number of hydrogen-bond donors (Lipinski definition) is 4. The van der Waals surface area contributed by atoms with Crippen LogP contribution in [0, 0.1) is 13.8 Å². The van der Waals surface area contributed by atoms with Crippen molar-refractivity contribution in [1.29, 1.82) is 0 Å². The summed E-state index contributed by atoms with van der Waals surface area (Å²) in [6, 6.07) is 12.3. The van der Waals surface area contributed by atoms with Gasteiger partial charge in [0.15, 0.2) is 11.6 Å². The number of methoxy groups -OCH3 is 2. The van der Waals surface area contributed by atoms with Gasteiger partial charge in [-0.05, 0) is 63.8 Å². The zero-order valence-electron chi connectivity index (χ0n) is 40.8. The van der Waals surface area contributed by atoms with Crippen LogP contribution >= 0.6 is 0 Å². The number of H-pyrrole nitrogens is 2. The summed E-state index contributed by atoms with van der Waals surface area (Å²) in [7, 11) is 2.92. The lowest BCUT2D eigenvalue weighted by molar-refractivity contribution is -0.132. The molecular formula is C50H54N16O7. The first-order valence-electron chi connectivity index (χ1n) is 24.0. The van der Waals surface area contributed by atoms with Gasteiger partial charge in [0.25, 0.3) is 17.5 Å². The smallest absolute Gasteiger partial charge is 0.377 e. The van der Waals surface area contributed by atoms with Crippen molar-refractivity contribution in [2.24, 2.45) is 0 Å². The van der Waals surface area contributed by atoms with E-state index >= 15 is 0 Å². The maximum atomic E-state index is 13.4. The Morgan fingerprint density at radius 3 is 1.47 bits per heavy atom. The summed E-state index contributed by atoms with van der Waals surface area (Å²) < 4.78 is 13.6. The Labute approximate surface area is 418 Å². The van der Waals surface area contributed by atoms with Crippen molar-refractivity contribution < 1.29 is 33.8 Å². The number of aryl methyl sites for hydroxylation is 2. The summed E-state index contributed by atoms with van der Waals surface area (Å²) in [6.45, 7) is 10.5. The number of Topliss-reactive ketones (excluding diaryl/α,β-unsaturated/α-hetero) is 2. The van der Waals surface area contributed by atoms with Crippen LogP contribution in [-0.4, -0.2) is 169 Å². The van der Waals surface area contributed by atoms with Crippen LogP contribution in [0.5, 0.6) is 11.5 Å². The summed E-state index contributed by atoms with van der Waals surface area (Å²) in [5.74, 6) is -0.972. The third-order valence-electron chi connectivity index (χ3n) is 13.9. The van der Waals surface area contributed by atoms with Gasteiger partial charge in [-0.15, -0.1) is 0 Å². The van der Waals surface area contributed by atoms with Crippen molar-refractivity contribution in [2.45, 2.75) is 50.6 Å². The number of carbonyl (C=O) groups is 4. The Kier molecular flexibility index (Phi) is 13.3. The first-order valence-corrected chi connectivity index (χ1v) is 24.0. The van der Waals surface area contributed by atoms with Gasteiger partial charge in [-0.1, -0.05) is 12.1 Å². The maximum absolute atomic E-state index is 13.4. The van der Waals surface area contributed by atoms with Crippen molar-refractivity contribution in [3.05, 3.63) is 120 Å². The Morgan fingerprint density at radius 2 is 1.07 bits per heavy atom. The number of hydrogen-bond acceptors (Lipinski definition) is 17. The molecule has 0 spiro atoms. The molecule has 12 rings (SSSR count). The van der Waals surface area contributed by atoms with Gasteiger partial charge in [0.2, 0.25) is 0 Å². The van der Waals surface area contributed by atoms with E-state index in [-0.39, 0.29) is 16.7 Å². The zero-order chi connectivity index (χ0) is 50.9. The number of nitrogens with one attached hydrogen (secondary N) is 3. The number of nitrogens with zero attached hydrogens (tertiary/aromatic N) is 13. The molecule has 1 amide bonds. The van der Waals surface area contributed by atoms with Crippen LogP contribution in [0.25, 0.3) is 33.4 Å². The van der Waals surface area contributed by atoms with Gasteiger partial charge in [-0.3, -0.25) is 34.2 Å². The normalized spacial score (nSPS) is 17.0. The first-order chi connectivity index (χ1) is 35.5. The minimum absolute atomic E-state index is 0.000151. The van der Waals surface area contributed by atoms with Crippen LogP contribution in [0.15, 0.2) is 86.2 Å². The van der Waals surface area contributed by atoms with Gasteiger partial charge in [0.05, 0.1) is 82.0 Å². The van der Waals surface area contributed by atoms with E-state index in [1.54, 1.807) is 31.3 Å². The minimum atomic E-state index is -1.54. The fourth-order valence-electron chi connectivity index (χ4n) is 9.91. The molecule has 10 heterocycles. The number of ether oxygens (including phenoxy) is 2. The van der Waals surface area contributed by atoms with E-state index in [9.17, 15) is 19.2 Å². The second kappa shape index (κ2) is 20.1. The van der Waals surface area contributed by atoms with Gasteiger partial charge in [0, 0.05) is 77.1 Å². The van der Waals surface area contributed by atoms with Gasteiger partial charge in [0.1, 0.15) is 35.8 Å². The maximum Gasteiger partial charge on any atom is 0.377 e. The van der Waals surface area contributed by atoms with Crippen molar-refractivity contribution in [3.8, 4) is 23.1 Å². The van der Waals surface area contributed by atoms with E-state index in [0.717, 1.165) is 44.7 Å². The van der Waals surface area contributed by atoms with Crippen LogP contribution in [0.4, 0.5) is 0 Å². The van der Waals surface area contributed by atoms with Gasteiger partial charge < -0.3 is 34.8 Å². The number of carboxylic acids is 1. The van der Waals surface area contributed by atoms with Crippen molar-refractivity contribution in [3.63, 3.8) is 0 Å². The third-order valence-corrected chi connectivity index (χ3v) is 13.9. The lowest BCUT2D eigenvalue weighted by atomic mass is 10.1. The standard InChI is InChI=1S/C25H26N8O3.C13H11N5O4.C12H17N3/c1-16-29-15-33(30-16)23-21-20(18(36-2)14-28-23)17(13-27-21)22(34)24(35)31-9-11-32(12-10-31)25(6-7-25)19-5-3-4-8-26-19;1-6-16-5-18(17-6)12-10-9(8(22-2)4-15-12)7(3-14-10)11(19)13(20)21;1-2-6-14-11(3-1)12(4-5-12)15-9-7-13-8-10-15/h3-5,8,13-15,27H,6-7,9-12H2,1-2H3;3-5,14H,1-2H3,(H,20,21);1-3,6,13H,4-5,7-10H2. The molecule has 376 valence electrons. The molecule has 0 aromatic carbocycles. The summed E-state index contributed by atoms with van der Waals surface area (Å²) in [5, 5.41) is 21.6. The number of ketones is 2. The van der Waals surface area contributed by atoms with Crippen LogP contribution < -0.4 is 14.8 Å². The average Bonchev–Trinajstić information content (AvgIpc) is 4.17. The van der Waals surface area contributed by atoms with E-state index in [0.29, 0.717) is 88.3 Å². The number of aromatic amines is 2. The highest BCUT2D eigenvalue weighted by molar-refractivity contribution is 6.45. The largest absolute Gasteiger partial charge is 0.494 e. The molecule has 0 radical (unpaired) electrons. The molecule has 2 saturated heterocycles. The predicted molar refractivity (Wildman–Crippen MR) is 264 cm³/mol. The third kappa shape index (κ3) is 9.28. The predicted octanol–water partition coefficient (Wildman–Crippen LogP) is 3.58. The molecule has 4 N–H and O–H groups in total. The van der Waals surface area contributed by atoms with E-state index in [1.807, 2.05) is 30.6 Å². The molecule has 2 saturated carbocycles. The average molecular weight is 991 g/mol. The van der Waals surface area contributed by atoms with Gasteiger partial charge in [-0.2, -0.15) is 10.2 Å². The zero-order valence-corrected chi connectivity index (χ0v) is 40.8. The number of rotatable bonds is 12. The molecule has 8 aromatic rings. The van der Waals surface area contributed by atoms with Crippen LogP contribution in [0.3, 0.4) is 0 Å². The SMILES string of the molecule is COc1cnc(-n2cnc(C)n2)c2[nH]cc(C(=O)C(=O)N3CCN(C4(c5ccccn5)CC4)CC3)c12.COc1cnc(-n2cnc(C)n2)c2[nH]cc(C(=O)C(=O)O)c12.c1ccc(C2(N3CCNCC3)CC2)nc1. The topological polar surface area (TPSA) is 273 Å². The number of aliphatic carboxylic acids is 1. The summed E-state index contributed by atoms with van der Waals surface area (Å²) in [5.41, 5.74) is 3.85. The molecule has 23 heteroatoms. The van der Waals surface area contributed by atoms with Crippen molar-refractivity contribution in [1.82, 2.24) is 79.4 Å². The quantitative estimate of drug-likeness (QED) is 0.101. The van der Waals surface area contributed by atoms with Crippen LogP contribution in [-0.2, 0) is 20.7 Å². The summed E-state index contributed by atoms with van der Waals surface area (Å²) in [6.07, 6.45) is 17.2. The lowest BCUT2D eigenvalue weighted by Crippen LogP contribution is -2.53. The summed E-state index contributed by atoms with van der Waals surface area (Å²) in [4.78, 5) is 88.0. The molecule has 4 fully saturated rings. The Balaban J connectivity index is 0.000000140. The highest BCUT2D eigenvalue weighted by atomic mass is 16.5. The van der Waals surface area contributed by atoms with E-state index in [4.69, 9.17) is 14.6 Å². The van der Waals surface area contributed by atoms with Crippen LogP contribution in [0.1, 0.15) is 69.4 Å². The number of piperazine rings is 2. The first kappa shape index (κ1) is 48.4. The highest BCUT2D eigenvalue weighted by Gasteiger charge is 2.52. The molecule has 0 atom stereocenters. The Hall–Kier alpha value is -8.28. The molecule has 23 nitrogen and oxygen atoms in total. The molecule has 73 heavy (non-hydrogen) atoms. The number of aromatic nitrogens is 12. The summed E-state index contributed by atoms with van der Waals surface area (Å²) >= 11 is 0. The molecular weight excluding hydrogens is 937 g/mol. The van der Waals surface area contributed by atoms with E-state index in [1.165, 1.54) is 67.0 Å². The van der Waals surface area contributed by atoms with Gasteiger partial charge >= 0.3 is 5.97 Å². The number of carboxylic acid groups (broad SMARTS) is 1. The highest BCUT2D eigenvalue weighted by Crippen LogP contribution is 2.51. The molecule has 0 bridgehead atoms. The number of amides is 1. The Morgan fingerprint density at radius 1 is 0.603 bits per heavy atom. The molecule has 8 aromatic heterocycles. The minimum Gasteiger partial charge on any atom is -0.494 e. The monoisotopic (exact) mass is 990 g/mol. The molecule has 2 aliphatic heterocycles.